The Bertz CT molecular complexity index is 813. The molecule has 0 radical (unpaired) electrons. The zero-order valence-corrected chi connectivity index (χ0v) is 13.1. The van der Waals surface area contributed by atoms with Crippen LogP contribution in [0.2, 0.25) is 0 Å². The van der Waals surface area contributed by atoms with E-state index in [1.807, 2.05) is 6.07 Å². The number of thioether (sulfide) groups is 1. The van der Waals surface area contributed by atoms with Crippen LogP contribution in [0.1, 0.15) is 5.56 Å². The Morgan fingerprint density at radius 1 is 1.09 bits per heavy atom. The van der Waals surface area contributed by atoms with Gasteiger partial charge in [-0.15, -0.1) is 0 Å². The van der Waals surface area contributed by atoms with Gasteiger partial charge < -0.3 is 10.2 Å². The number of benzene rings is 2. The smallest absolute Gasteiger partial charge is 0.266 e. The van der Waals surface area contributed by atoms with E-state index in [4.69, 9.17) is 0 Å². The number of amides is 1. The number of hydrogen-bond acceptors (Lipinski definition) is 5. The lowest BCUT2D eigenvalue weighted by molar-refractivity contribution is -0.121. The van der Waals surface area contributed by atoms with E-state index in [1.165, 1.54) is 16.7 Å². The molecule has 2 aromatic carbocycles. The van der Waals surface area contributed by atoms with Gasteiger partial charge in [-0.25, -0.2) is 4.99 Å². The Balaban J connectivity index is 1.89. The van der Waals surface area contributed by atoms with E-state index < -0.39 is 0 Å². The van der Waals surface area contributed by atoms with Gasteiger partial charge in [0.2, 0.25) is 0 Å². The molecule has 0 spiro atoms. The molecule has 3 rings (SSSR count). The molecule has 0 aliphatic carbocycles. The minimum Gasteiger partial charge on any atom is -0.508 e. The van der Waals surface area contributed by atoms with Crippen LogP contribution >= 0.6 is 11.8 Å². The van der Waals surface area contributed by atoms with E-state index in [9.17, 15) is 15.0 Å². The number of aromatic hydroxyl groups is 2. The number of rotatable bonds is 2. The second-order valence-electron chi connectivity index (χ2n) is 4.98. The van der Waals surface area contributed by atoms with Gasteiger partial charge in [-0.2, -0.15) is 0 Å². The normalized spacial score (nSPS) is 18.1. The van der Waals surface area contributed by atoms with Crippen molar-refractivity contribution in [3.05, 3.63) is 59.0 Å². The molecule has 1 aliphatic rings. The molecule has 5 nitrogen and oxygen atoms in total. The summed E-state index contributed by atoms with van der Waals surface area (Å²) in [6.07, 6.45) is 1.72. The number of phenols is 2. The highest BCUT2D eigenvalue weighted by Crippen LogP contribution is 2.33. The zero-order valence-electron chi connectivity index (χ0n) is 12.3. The molecule has 6 heteroatoms. The van der Waals surface area contributed by atoms with Crippen molar-refractivity contribution in [1.82, 2.24) is 4.90 Å². The molecule has 0 aromatic heterocycles. The zero-order chi connectivity index (χ0) is 16.4. The predicted octanol–water partition coefficient (Wildman–Crippen LogP) is 3.33. The second kappa shape index (κ2) is 6.18. The molecule has 23 heavy (non-hydrogen) atoms. The minimum atomic E-state index is -0.143. The molecule has 1 saturated heterocycles. The third-order valence-electron chi connectivity index (χ3n) is 3.25. The first kappa shape index (κ1) is 15.2. The summed E-state index contributed by atoms with van der Waals surface area (Å²) in [6.45, 7) is 0. The number of phenolic OH excluding ortho intramolecular Hbond substituents is 2. The average Bonchev–Trinajstić information content (AvgIpc) is 2.78. The summed E-state index contributed by atoms with van der Waals surface area (Å²) >= 11 is 1.27. The Morgan fingerprint density at radius 2 is 1.83 bits per heavy atom. The van der Waals surface area contributed by atoms with Crippen LogP contribution in [0.15, 0.2) is 58.4 Å². The molecule has 0 atom stereocenters. The summed E-state index contributed by atoms with van der Waals surface area (Å²) in [6, 6.07) is 13.2. The largest absolute Gasteiger partial charge is 0.508 e. The first-order chi connectivity index (χ1) is 11.0. The third-order valence-corrected chi connectivity index (χ3v) is 4.31. The molecule has 2 N–H and O–H groups in total. The number of carbonyl (C=O) groups excluding carboxylic acids is 1. The number of likely N-dealkylation sites (N-methyl/N-ethyl adjacent to an activating group) is 1. The molecule has 1 fully saturated rings. The summed E-state index contributed by atoms with van der Waals surface area (Å²) in [7, 11) is 1.66. The molecule has 0 bridgehead atoms. The fourth-order valence-electron chi connectivity index (χ4n) is 2.06. The minimum absolute atomic E-state index is 0.143. The van der Waals surface area contributed by atoms with Crippen molar-refractivity contribution < 1.29 is 15.0 Å². The molecule has 1 heterocycles. The molecule has 0 unspecified atom stereocenters. The van der Waals surface area contributed by atoms with Crippen LogP contribution in [0.4, 0.5) is 5.69 Å². The topological polar surface area (TPSA) is 73.1 Å². The van der Waals surface area contributed by atoms with Crippen molar-refractivity contribution in [2.45, 2.75) is 0 Å². The molecule has 0 saturated carbocycles. The molecule has 116 valence electrons. The number of amidine groups is 1. The lowest BCUT2D eigenvalue weighted by Gasteiger charge is -2.07. The SMILES string of the molecule is CN1C(=O)/C(=C/c2cccc(O)c2)SC1=Nc1ccc(O)cc1. The number of hydrogen-bond donors (Lipinski definition) is 2. The monoisotopic (exact) mass is 326 g/mol. The van der Waals surface area contributed by atoms with Crippen LogP contribution < -0.4 is 0 Å². The number of carbonyl (C=O) groups is 1. The van der Waals surface area contributed by atoms with Gasteiger partial charge in [0.05, 0.1) is 10.6 Å². The predicted molar refractivity (Wildman–Crippen MR) is 91.6 cm³/mol. The highest BCUT2D eigenvalue weighted by Gasteiger charge is 2.30. The van der Waals surface area contributed by atoms with Gasteiger partial charge in [0.15, 0.2) is 5.17 Å². The maximum Gasteiger partial charge on any atom is 0.266 e. The van der Waals surface area contributed by atoms with Crippen molar-refractivity contribution in [3.63, 3.8) is 0 Å². The van der Waals surface area contributed by atoms with Crippen LogP contribution in [0.25, 0.3) is 6.08 Å². The quantitative estimate of drug-likeness (QED) is 0.830. The van der Waals surface area contributed by atoms with E-state index in [2.05, 4.69) is 4.99 Å². The molecular formula is C17H14N2O3S. The van der Waals surface area contributed by atoms with E-state index in [-0.39, 0.29) is 17.4 Å². The maximum atomic E-state index is 12.3. The summed E-state index contributed by atoms with van der Waals surface area (Å²) in [5, 5.41) is 19.4. The van der Waals surface area contributed by atoms with Crippen LogP contribution in [0, 0.1) is 0 Å². The molecule has 2 aromatic rings. The van der Waals surface area contributed by atoms with Gasteiger partial charge in [-0.1, -0.05) is 12.1 Å². The first-order valence-electron chi connectivity index (χ1n) is 6.87. The summed E-state index contributed by atoms with van der Waals surface area (Å²) in [5.41, 5.74) is 1.41. The van der Waals surface area contributed by atoms with Crippen LogP contribution in [0.5, 0.6) is 11.5 Å². The van der Waals surface area contributed by atoms with Gasteiger partial charge in [0, 0.05) is 7.05 Å². The van der Waals surface area contributed by atoms with E-state index in [1.54, 1.807) is 55.6 Å². The van der Waals surface area contributed by atoms with Crippen molar-refractivity contribution in [2.75, 3.05) is 7.05 Å². The molecular weight excluding hydrogens is 312 g/mol. The number of aliphatic imine (C=N–C) groups is 1. The van der Waals surface area contributed by atoms with Crippen LogP contribution in [0.3, 0.4) is 0 Å². The lowest BCUT2D eigenvalue weighted by atomic mass is 10.2. The summed E-state index contributed by atoms with van der Waals surface area (Å²) in [5.74, 6) is 0.180. The van der Waals surface area contributed by atoms with Gasteiger partial charge >= 0.3 is 0 Å². The summed E-state index contributed by atoms with van der Waals surface area (Å²) < 4.78 is 0. The summed E-state index contributed by atoms with van der Waals surface area (Å²) in [4.78, 5) is 18.7. The first-order valence-corrected chi connectivity index (χ1v) is 7.69. The Labute approximate surface area is 137 Å². The Hall–Kier alpha value is -2.73. The van der Waals surface area contributed by atoms with Gasteiger partial charge in [0.25, 0.3) is 5.91 Å². The second-order valence-corrected chi connectivity index (χ2v) is 5.99. The van der Waals surface area contributed by atoms with E-state index >= 15 is 0 Å². The van der Waals surface area contributed by atoms with Gasteiger partial charge in [-0.05, 0) is 59.8 Å². The fourth-order valence-corrected chi connectivity index (χ4v) is 3.04. The van der Waals surface area contributed by atoms with Crippen LogP contribution in [-0.2, 0) is 4.79 Å². The Morgan fingerprint density at radius 3 is 2.52 bits per heavy atom. The highest BCUT2D eigenvalue weighted by atomic mass is 32.2. The lowest BCUT2D eigenvalue weighted by Crippen LogP contribution is -2.23. The van der Waals surface area contributed by atoms with Crippen molar-refractivity contribution in [1.29, 1.82) is 0 Å². The third kappa shape index (κ3) is 3.37. The van der Waals surface area contributed by atoms with E-state index in [0.29, 0.717) is 15.8 Å². The maximum absolute atomic E-state index is 12.3. The van der Waals surface area contributed by atoms with Gasteiger partial charge in [0.1, 0.15) is 11.5 Å². The van der Waals surface area contributed by atoms with Crippen molar-refractivity contribution in [2.24, 2.45) is 4.99 Å². The van der Waals surface area contributed by atoms with Crippen molar-refractivity contribution >= 4 is 34.6 Å². The fraction of sp³-hybridized carbons (Fsp3) is 0.0588. The standard InChI is InChI=1S/C17H14N2O3S/c1-19-16(22)15(10-11-3-2-4-14(21)9-11)23-17(19)18-12-5-7-13(20)8-6-12/h2-10,20-21H,1H3/b15-10-,18-17?. The molecule has 1 aliphatic heterocycles. The number of nitrogens with zero attached hydrogens (tertiary/aromatic N) is 2. The van der Waals surface area contributed by atoms with Crippen LogP contribution in [-0.4, -0.2) is 33.2 Å². The Kier molecular flexibility index (Phi) is 4.08. The average molecular weight is 326 g/mol. The van der Waals surface area contributed by atoms with Gasteiger partial charge in [-0.3, -0.25) is 9.69 Å². The highest BCUT2D eigenvalue weighted by molar-refractivity contribution is 8.18. The van der Waals surface area contributed by atoms with Crippen molar-refractivity contribution in [3.8, 4) is 11.5 Å². The van der Waals surface area contributed by atoms with E-state index in [0.717, 1.165) is 5.56 Å². The molecule has 1 amide bonds.